The molecule has 0 radical (unpaired) electrons. The summed E-state index contributed by atoms with van der Waals surface area (Å²) in [5.74, 6) is 0.395. The molecular formula is C16H27N3O2. The Kier molecular flexibility index (Phi) is 4.48. The van der Waals surface area contributed by atoms with Gasteiger partial charge in [-0.2, -0.15) is 0 Å². The van der Waals surface area contributed by atoms with E-state index in [0.717, 1.165) is 32.2 Å². The summed E-state index contributed by atoms with van der Waals surface area (Å²) >= 11 is 0. The second-order valence-corrected chi connectivity index (χ2v) is 6.77. The van der Waals surface area contributed by atoms with E-state index >= 15 is 0 Å². The molecule has 0 bridgehead atoms. The van der Waals surface area contributed by atoms with Crippen LogP contribution in [0, 0.1) is 5.92 Å². The van der Waals surface area contributed by atoms with Crippen LogP contribution in [0.15, 0.2) is 0 Å². The van der Waals surface area contributed by atoms with Gasteiger partial charge in [-0.05, 0) is 12.8 Å². The Hall–Kier alpha value is -1.10. The molecule has 3 rings (SSSR count). The molecule has 0 unspecified atom stereocenters. The van der Waals surface area contributed by atoms with Gasteiger partial charge in [0, 0.05) is 52.2 Å². The minimum absolute atomic E-state index is 0.0510. The summed E-state index contributed by atoms with van der Waals surface area (Å²) in [6.45, 7) is 6.61. The van der Waals surface area contributed by atoms with Crippen molar-refractivity contribution in [2.24, 2.45) is 5.92 Å². The number of carbonyl (C=O) groups excluding carboxylic acids is 2. The topological polar surface area (TPSA) is 43.9 Å². The van der Waals surface area contributed by atoms with Crippen LogP contribution < -0.4 is 0 Å². The summed E-state index contributed by atoms with van der Waals surface area (Å²) in [4.78, 5) is 29.9. The van der Waals surface area contributed by atoms with Crippen LogP contribution in [0.4, 0.5) is 0 Å². The van der Waals surface area contributed by atoms with Crippen LogP contribution in [0.3, 0.4) is 0 Å². The largest absolute Gasteiger partial charge is 0.341 e. The second-order valence-electron chi connectivity index (χ2n) is 6.77. The van der Waals surface area contributed by atoms with Crippen molar-refractivity contribution in [1.82, 2.24) is 14.7 Å². The van der Waals surface area contributed by atoms with Gasteiger partial charge in [0.2, 0.25) is 11.8 Å². The summed E-state index contributed by atoms with van der Waals surface area (Å²) in [5.41, 5.74) is 0. The van der Waals surface area contributed by atoms with Gasteiger partial charge in [0.05, 0.1) is 5.92 Å². The highest BCUT2D eigenvalue weighted by Crippen LogP contribution is 2.24. The molecule has 21 heavy (non-hydrogen) atoms. The van der Waals surface area contributed by atoms with E-state index in [-0.39, 0.29) is 17.7 Å². The zero-order valence-corrected chi connectivity index (χ0v) is 13.1. The molecule has 0 aromatic rings. The minimum atomic E-state index is 0.0510. The van der Waals surface area contributed by atoms with Crippen LogP contribution in [0.1, 0.15) is 39.0 Å². The minimum Gasteiger partial charge on any atom is -0.341 e. The van der Waals surface area contributed by atoms with Gasteiger partial charge < -0.3 is 9.80 Å². The molecule has 5 nitrogen and oxygen atoms in total. The van der Waals surface area contributed by atoms with Gasteiger partial charge >= 0.3 is 0 Å². The van der Waals surface area contributed by atoms with Crippen molar-refractivity contribution >= 4 is 11.8 Å². The van der Waals surface area contributed by atoms with E-state index in [1.54, 1.807) is 11.8 Å². The first kappa shape index (κ1) is 14.8. The van der Waals surface area contributed by atoms with Crippen LogP contribution in [0.2, 0.25) is 0 Å². The van der Waals surface area contributed by atoms with Crippen molar-refractivity contribution in [3.63, 3.8) is 0 Å². The molecule has 2 heterocycles. The zero-order chi connectivity index (χ0) is 14.8. The van der Waals surface area contributed by atoms with Crippen LogP contribution in [0.5, 0.6) is 0 Å². The molecule has 1 saturated carbocycles. The van der Waals surface area contributed by atoms with Crippen molar-refractivity contribution in [2.75, 3.05) is 39.3 Å². The number of likely N-dealkylation sites (tertiary alicyclic amines) is 1. The zero-order valence-electron chi connectivity index (χ0n) is 13.1. The van der Waals surface area contributed by atoms with Crippen molar-refractivity contribution in [2.45, 2.75) is 45.1 Å². The number of amides is 2. The quantitative estimate of drug-likeness (QED) is 0.761. The molecule has 0 N–H and O–H groups in total. The van der Waals surface area contributed by atoms with Gasteiger partial charge in [-0.15, -0.1) is 0 Å². The fourth-order valence-corrected chi connectivity index (χ4v) is 3.90. The monoisotopic (exact) mass is 293 g/mol. The van der Waals surface area contributed by atoms with Crippen LogP contribution in [-0.4, -0.2) is 71.8 Å². The highest BCUT2D eigenvalue weighted by molar-refractivity contribution is 5.83. The molecule has 1 aliphatic carbocycles. The van der Waals surface area contributed by atoms with Crippen molar-refractivity contribution in [1.29, 1.82) is 0 Å². The maximum absolute atomic E-state index is 12.4. The lowest BCUT2D eigenvalue weighted by atomic mass is 9.93. The summed E-state index contributed by atoms with van der Waals surface area (Å²) in [6.07, 6.45) is 6.80. The molecule has 0 spiro atoms. The maximum atomic E-state index is 12.4. The lowest BCUT2D eigenvalue weighted by Gasteiger charge is -2.44. The normalized spacial score (nSPS) is 25.8. The Morgan fingerprint density at radius 3 is 2.05 bits per heavy atom. The average molecular weight is 293 g/mol. The molecule has 5 heteroatoms. The highest BCUT2D eigenvalue weighted by Gasteiger charge is 2.37. The molecule has 0 atom stereocenters. The summed E-state index contributed by atoms with van der Waals surface area (Å²) < 4.78 is 0. The van der Waals surface area contributed by atoms with Gasteiger partial charge in [0.15, 0.2) is 0 Å². The van der Waals surface area contributed by atoms with E-state index in [9.17, 15) is 9.59 Å². The summed E-state index contributed by atoms with van der Waals surface area (Å²) in [5, 5.41) is 0. The highest BCUT2D eigenvalue weighted by atomic mass is 16.2. The van der Waals surface area contributed by atoms with E-state index in [0.29, 0.717) is 13.1 Å². The first-order valence-corrected chi connectivity index (χ1v) is 8.43. The molecule has 0 aromatic heterocycles. The molecule has 2 aliphatic heterocycles. The van der Waals surface area contributed by atoms with Crippen molar-refractivity contribution in [3.8, 4) is 0 Å². The Bertz CT molecular complexity index is 392. The van der Waals surface area contributed by atoms with Crippen molar-refractivity contribution < 1.29 is 9.59 Å². The Morgan fingerprint density at radius 2 is 1.48 bits per heavy atom. The molecular weight excluding hydrogens is 266 g/mol. The van der Waals surface area contributed by atoms with E-state index in [4.69, 9.17) is 0 Å². The van der Waals surface area contributed by atoms with E-state index in [1.807, 2.05) is 4.90 Å². The molecule has 3 aliphatic rings. The van der Waals surface area contributed by atoms with E-state index < -0.39 is 0 Å². The maximum Gasteiger partial charge on any atom is 0.229 e. The number of carbonyl (C=O) groups is 2. The lowest BCUT2D eigenvalue weighted by molar-refractivity contribution is -0.148. The predicted octanol–water partition coefficient (Wildman–Crippen LogP) is 0.942. The third kappa shape index (κ3) is 3.23. The Morgan fingerprint density at radius 1 is 0.857 bits per heavy atom. The van der Waals surface area contributed by atoms with Crippen LogP contribution in [0.25, 0.3) is 0 Å². The lowest BCUT2D eigenvalue weighted by Crippen LogP contribution is -2.59. The SMILES string of the molecule is CC(=O)N1CC(C(=O)N2CCN(C3CCCCC3)CC2)C1. The summed E-state index contributed by atoms with van der Waals surface area (Å²) in [6, 6.07) is 0.757. The molecule has 118 valence electrons. The smallest absolute Gasteiger partial charge is 0.229 e. The first-order valence-electron chi connectivity index (χ1n) is 8.43. The number of piperazine rings is 1. The van der Waals surface area contributed by atoms with E-state index in [1.165, 1.54) is 32.1 Å². The number of hydrogen-bond donors (Lipinski definition) is 0. The molecule has 2 amide bonds. The fourth-order valence-electron chi connectivity index (χ4n) is 3.90. The number of rotatable bonds is 2. The second kappa shape index (κ2) is 6.34. The molecule has 3 fully saturated rings. The van der Waals surface area contributed by atoms with Gasteiger partial charge in [-0.3, -0.25) is 14.5 Å². The van der Waals surface area contributed by atoms with Gasteiger partial charge in [0.1, 0.15) is 0 Å². The fraction of sp³-hybridized carbons (Fsp3) is 0.875. The van der Waals surface area contributed by atoms with E-state index in [2.05, 4.69) is 4.90 Å². The first-order chi connectivity index (χ1) is 10.1. The van der Waals surface area contributed by atoms with Gasteiger partial charge in [0.25, 0.3) is 0 Å². The van der Waals surface area contributed by atoms with Crippen LogP contribution >= 0.6 is 0 Å². The van der Waals surface area contributed by atoms with Crippen molar-refractivity contribution in [3.05, 3.63) is 0 Å². The Balaban J connectivity index is 1.43. The third-order valence-corrected chi connectivity index (χ3v) is 5.39. The van der Waals surface area contributed by atoms with Gasteiger partial charge in [-0.25, -0.2) is 0 Å². The average Bonchev–Trinajstić information content (AvgIpc) is 2.46. The Labute approximate surface area is 127 Å². The number of nitrogens with zero attached hydrogens (tertiary/aromatic N) is 3. The third-order valence-electron chi connectivity index (χ3n) is 5.39. The molecule has 2 saturated heterocycles. The molecule has 0 aromatic carbocycles. The summed E-state index contributed by atoms with van der Waals surface area (Å²) in [7, 11) is 0. The number of hydrogen-bond acceptors (Lipinski definition) is 3. The van der Waals surface area contributed by atoms with Crippen LogP contribution in [-0.2, 0) is 9.59 Å². The predicted molar refractivity (Wildman–Crippen MR) is 80.8 cm³/mol. The van der Waals surface area contributed by atoms with Gasteiger partial charge in [-0.1, -0.05) is 19.3 Å². The standard InChI is InChI=1S/C16H27N3O2/c1-13(20)19-11-14(12-19)16(21)18-9-7-17(8-10-18)15-5-3-2-4-6-15/h14-15H,2-12H2,1H3.